The van der Waals surface area contributed by atoms with Crippen LogP contribution in [0, 0.1) is 5.82 Å². The first kappa shape index (κ1) is 13.5. The number of sulfonamides is 1. The first-order valence-corrected chi connectivity index (χ1v) is 6.26. The van der Waals surface area contributed by atoms with Gasteiger partial charge in [-0.1, -0.05) is 0 Å². The van der Waals surface area contributed by atoms with Crippen LogP contribution in [0.4, 0.5) is 4.39 Å². The standard InChI is InChI=1S/C9H12FN3O3S/c1-7(14)11-5-6-13-17(15,16)9-8(10)3-2-4-12-9/h2-4,13H,5-6H2,1H3,(H,11,14). The van der Waals surface area contributed by atoms with E-state index in [1.165, 1.54) is 19.2 Å². The zero-order valence-corrected chi connectivity index (χ0v) is 9.92. The molecular formula is C9H12FN3O3S. The summed E-state index contributed by atoms with van der Waals surface area (Å²) in [6, 6.07) is 2.31. The third-order valence-corrected chi connectivity index (χ3v) is 3.16. The molecule has 0 unspecified atom stereocenters. The quantitative estimate of drug-likeness (QED) is 0.708. The molecule has 0 aromatic carbocycles. The summed E-state index contributed by atoms with van der Waals surface area (Å²) >= 11 is 0. The first-order chi connectivity index (χ1) is 7.93. The maximum Gasteiger partial charge on any atom is 0.261 e. The van der Waals surface area contributed by atoms with Crippen LogP contribution in [0.3, 0.4) is 0 Å². The van der Waals surface area contributed by atoms with Crippen LogP contribution in [0.2, 0.25) is 0 Å². The Morgan fingerprint density at radius 3 is 2.76 bits per heavy atom. The second kappa shape index (κ2) is 5.69. The lowest BCUT2D eigenvalue weighted by Gasteiger charge is -2.06. The van der Waals surface area contributed by atoms with E-state index in [-0.39, 0.29) is 19.0 Å². The van der Waals surface area contributed by atoms with E-state index in [1.54, 1.807) is 0 Å². The van der Waals surface area contributed by atoms with Crippen LogP contribution >= 0.6 is 0 Å². The van der Waals surface area contributed by atoms with Gasteiger partial charge >= 0.3 is 0 Å². The maximum atomic E-state index is 13.2. The van der Waals surface area contributed by atoms with Crippen molar-refractivity contribution in [1.82, 2.24) is 15.0 Å². The van der Waals surface area contributed by atoms with Gasteiger partial charge in [-0.25, -0.2) is 22.5 Å². The number of amides is 1. The van der Waals surface area contributed by atoms with Gasteiger partial charge in [-0.2, -0.15) is 0 Å². The zero-order chi connectivity index (χ0) is 12.9. The molecule has 1 amide bonds. The van der Waals surface area contributed by atoms with Crippen LogP contribution in [0.25, 0.3) is 0 Å². The van der Waals surface area contributed by atoms with Crippen LogP contribution in [0.1, 0.15) is 6.92 Å². The number of hydrogen-bond donors (Lipinski definition) is 2. The van der Waals surface area contributed by atoms with Crippen molar-refractivity contribution in [1.29, 1.82) is 0 Å². The minimum atomic E-state index is -3.98. The normalized spacial score (nSPS) is 11.2. The number of carbonyl (C=O) groups is 1. The molecule has 94 valence electrons. The summed E-state index contributed by atoms with van der Waals surface area (Å²) in [5.74, 6) is -1.19. The molecule has 0 atom stereocenters. The summed E-state index contributed by atoms with van der Waals surface area (Å²) in [7, 11) is -3.98. The Morgan fingerprint density at radius 1 is 1.47 bits per heavy atom. The minimum Gasteiger partial charge on any atom is -0.355 e. The molecule has 8 heteroatoms. The molecular weight excluding hydrogens is 249 g/mol. The second-order valence-corrected chi connectivity index (χ2v) is 4.85. The van der Waals surface area contributed by atoms with Gasteiger partial charge < -0.3 is 5.32 Å². The zero-order valence-electron chi connectivity index (χ0n) is 9.10. The average molecular weight is 261 g/mol. The molecule has 0 aliphatic heterocycles. The Morgan fingerprint density at radius 2 is 2.18 bits per heavy atom. The Labute approximate surface area is 98.3 Å². The number of aromatic nitrogens is 1. The molecule has 1 heterocycles. The molecule has 2 N–H and O–H groups in total. The van der Waals surface area contributed by atoms with Crippen LogP contribution < -0.4 is 10.0 Å². The Bertz CT molecular complexity index is 504. The molecule has 0 aliphatic rings. The minimum absolute atomic E-state index is 0.0298. The summed E-state index contributed by atoms with van der Waals surface area (Å²) < 4.78 is 38.4. The van der Waals surface area contributed by atoms with E-state index in [0.29, 0.717) is 0 Å². The van der Waals surface area contributed by atoms with E-state index < -0.39 is 20.9 Å². The van der Waals surface area contributed by atoms with E-state index in [0.717, 1.165) is 6.07 Å². The Hall–Kier alpha value is -1.54. The average Bonchev–Trinajstić information content (AvgIpc) is 2.24. The topological polar surface area (TPSA) is 88.2 Å². The molecule has 6 nitrogen and oxygen atoms in total. The SMILES string of the molecule is CC(=O)NCCNS(=O)(=O)c1ncccc1F. The predicted molar refractivity (Wildman–Crippen MR) is 58.1 cm³/mol. The van der Waals surface area contributed by atoms with Crippen molar-refractivity contribution >= 4 is 15.9 Å². The lowest BCUT2D eigenvalue weighted by molar-refractivity contribution is -0.118. The summed E-state index contributed by atoms with van der Waals surface area (Å²) in [5, 5.41) is 1.75. The molecule has 0 bridgehead atoms. The van der Waals surface area contributed by atoms with Gasteiger partial charge in [0.25, 0.3) is 10.0 Å². The van der Waals surface area contributed by atoms with E-state index in [4.69, 9.17) is 0 Å². The van der Waals surface area contributed by atoms with Gasteiger partial charge in [0, 0.05) is 26.2 Å². The summed E-state index contributed by atoms with van der Waals surface area (Å²) in [6.07, 6.45) is 1.19. The van der Waals surface area contributed by atoms with Gasteiger partial charge in [-0.15, -0.1) is 0 Å². The number of nitrogens with one attached hydrogen (secondary N) is 2. The molecule has 1 rings (SSSR count). The lowest BCUT2D eigenvalue weighted by atomic mass is 10.5. The van der Waals surface area contributed by atoms with Crippen molar-refractivity contribution in [3.8, 4) is 0 Å². The first-order valence-electron chi connectivity index (χ1n) is 4.78. The van der Waals surface area contributed by atoms with Crippen molar-refractivity contribution in [3.63, 3.8) is 0 Å². The molecule has 17 heavy (non-hydrogen) atoms. The molecule has 0 aliphatic carbocycles. The summed E-state index contributed by atoms with van der Waals surface area (Å²) in [6.45, 7) is 1.41. The summed E-state index contributed by atoms with van der Waals surface area (Å²) in [4.78, 5) is 14.0. The van der Waals surface area contributed by atoms with Gasteiger partial charge in [0.1, 0.15) is 0 Å². The molecule has 0 radical (unpaired) electrons. The van der Waals surface area contributed by atoms with E-state index in [9.17, 15) is 17.6 Å². The number of pyridine rings is 1. The van der Waals surface area contributed by atoms with E-state index >= 15 is 0 Å². The number of carbonyl (C=O) groups excluding carboxylic acids is 1. The van der Waals surface area contributed by atoms with Gasteiger partial charge in [0.2, 0.25) is 10.9 Å². The van der Waals surface area contributed by atoms with Crippen molar-refractivity contribution in [2.45, 2.75) is 11.9 Å². The monoisotopic (exact) mass is 261 g/mol. The van der Waals surface area contributed by atoms with Crippen LogP contribution in [-0.4, -0.2) is 32.4 Å². The van der Waals surface area contributed by atoms with Crippen LogP contribution in [0.5, 0.6) is 0 Å². The van der Waals surface area contributed by atoms with Gasteiger partial charge in [-0.05, 0) is 12.1 Å². The molecule has 0 saturated carbocycles. The third kappa shape index (κ3) is 4.08. The molecule has 1 aromatic rings. The molecule has 0 spiro atoms. The highest BCUT2D eigenvalue weighted by Gasteiger charge is 2.19. The number of halogens is 1. The smallest absolute Gasteiger partial charge is 0.261 e. The van der Waals surface area contributed by atoms with Gasteiger partial charge in [-0.3, -0.25) is 4.79 Å². The highest BCUT2D eigenvalue weighted by atomic mass is 32.2. The van der Waals surface area contributed by atoms with Crippen LogP contribution in [0.15, 0.2) is 23.4 Å². The van der Waals surface area contributed by atoms with Gasteiger partial charge in [0.05, 0.1) is 0 Å². The van der Waals surface area contributed by atoms with Crippen molar-refractivity contribution in [3.05, 3.63) is 24.1 Å². The fraction of sp³-hybridized carbons (Fsp3) is 0.333. The second-order valence-electron chi connectivity index (χ2n) is 3.17. The highest BCUT2D eigenvalue weighted by molar-refractivity contribution is 7.89. The van der Waals surface area contributed by atoms with Crippen molar-refractivity contribution in [2.75, 3.05) is 13.1 Å². The largest absolute Gasteiger partial charge is 0.355 e. The van der Waals surface area contributed by atoms with Crippen LogP contribution in [-0.2, 0) is 14.8 Å². The lowest BCUT2D eigenvalue weighted by Crippen LogP contribution is -2.34. The van der Waals surface area contributed by atoms with Crippen molar-refractivity contribution in [2.24, 2.45) is 0 Å². The van der Waals surface area contributed by atoms with E-state index in [2.05, 4.69) is 15.0 Å². The molecule has 0 saturated heterocycles. The number of nitrogens with zero attached hydrogens (tertiary/aromatic N) is 1. The third-order valence-electron chi connectivity index (χ3n) is 1.77. The highest BCUT2D eigenvalue weighted by Crippen LogP contribution is 2.08. The Balaban J connectivity index is 2.64. The predicted octanol–water partition coefficient (Wildman–Crippen LogP) is -0.365. The van der Waals surface area contributed by atoms with Gasteiger partial charge in [0.15, 0.2) is 5.82 Å². The fourth-order valence-electron chi connectivity index (χ4n) is 1.06. The molecule has 0 fully saturated rings. The van der Waals surface area contributed by atoms with E-state index in [1.807, 2.05) is 0 Å². The number of hydrogen-bond acceptors (Lipinski definition) is 4. The Kier molecular flexibility index (Phi) is 4.53. The maximum absolute atomic E-state index is 13.2. The number of rotatable bonds is 5. The summed E-state index contributed by atoms with van der Waals surface area (Å²) in [5.41, 5.74) is 0. The molecule has 1 aromatic heterocycles. The van der Waals surface area contributed by atoms with Crippen molar-refractivity contribution < 1.29 is 17.6 Å². The fourth-order valence-corrected chi connectivity index (χ4v) is 2.09.